The molecule has 6 nitrogen and oxygen atoms in total. The van der Waals surface area contributed by atoms with Gasteiger partial charge in [0.1, 0.15) is 11.6 Å². The van der Waals surface area contributed by atoms with Gasteiger partial charge in [-0.3, -0.25) is 4.79 Å². The van der Waals surface area contributed by atoms with Gasteiger partial charge in [-0.05, 0) is 66.7 Å². The zero-order valence-corrected chi connectivity index (χ0v) is 14.6. The fourth-order valence-corrected chi connectivity index (χ4v) is 2.52. The normalized spacial score (nSPS) is 10.5. The number of anilines is 1. The molecular formula is C21H15FN4O2. The van der Waals surface area contributed by atoms with Crippen molar-refractivity contribution < 1.29 is 13.9 Å². The van der Waals surface area contributed by atoms with Crippen LogP contribution in [0.1, 0.15) is 10.4 Å². The molecule has 0 fully saturated rings. The first-order valence-electron chi connectivity index (χ1n) is 8.49. The van der Waals surface area contributed by atoms with Crippen molar-refractivity contribution in [2.45, 2.75) is 0 Å². The standard InChI is InChI=1S/C21H15FN4O2/c22-16-5-3-15(4-6-16)21(27)23-17-7-9-18(10-8-17)28-20-12-11-19(24-25-20)26-13-1-2-14-26/h1-14H,(H,23,27). The average Bonchev–Trinajstić information content (AvgIpc) is 3.25. The van der Waals surface area contributed by atoms with Crippen molar-refractivity contribution in [3.05, 3.63) is 96.6 Å². The first kappa shape index (κ1) is 17.4. The minimum absolute atomic E-state index is 0.319. The van der Waals surface area contributed by atoms with Crippen LogP contribution >= 0.6 is 0 Å². The topological polar surface area (TPSA) is 69.0 Å². The number of nitrogens with one attached hydrogen (secondary N) is 1. The molecule has 28 heavy (non-hydrogen) atoms. The monoisotopic (exact) mass is 374 g/mol. The Morgan fingerprint density at radius 3 is 2.25 bits per heavy atom. The van der Waals surface area contributed by atoms with Crippen LogP contribution in [0.4, 0.5) is 10.1 Å². The number of hydrogen-bond donors (Lipinski definition) is 1. The van der Waals surface area contributed by atoms with Gasteiger partial charge in [0, 0.05) is 29.7 Å². The number of aromatic nitrogens is 3. The number of carbonyl (C=O) groups is 1. The largest absolute Gasteiger partial charge is 0.438 e. The van der Waals surface area contributed by atoms with Crippen LogP contribution in [0.25, 0.3) is 5.82 Å². The zero-order valence-electron chi connectivity index (χ0n) is 14.6. The Morgan fingerprint density at radius 1 is 0.893 bits per heavy atom. The van der Waals surface area contributed by atoms with Crippen molar-refractivity contribution in [3.8, 4) is 17.4 Å². The lowest BCUT2D eigenvalue weighted by molar-refractivity contribution is 0.102. The molecule has 4 rings (SSSR count). The molecule has 7 heteroatoms. The maximum absolute atomic E-state index is 12.9. The molecule has 0 radical (unpaired) electrons. The van der Waals surface area contributed by atoms with Gasteiger partial charge in [-0.25, -0.2) is 4.39 Å². The highest BCUT2D eigenvalue weighted by Gasteiger charge is 2.07. The van der Waals surface area contributed by atoms with Crippen molar-refractivity contribution in [3.63, 3.8) is 0 Å². The lowest BCUT2D eigenvalue weighted by atomic mass is 10.2. The molecule has 0 atom stereocenters. The number of amides is 1. The zero-order chi connectivity index (χ0) is 19.3. The summed E-state index contributed by atoms with van der Waals surface area (Å²) < 4.78 is 20.5. The maximum Gasteiger partial charge on any atom is 0.255 e. The van der Waals surface area contributed by atoms with E-state index >= 15 is 0 Å². The fraction of sp³-hybridized carbons (Fsp3) is 0. The molecule has 2 heterocycles. The molecule has 0 saturated heterocycles. The summed E-state index contributed by atoms with van der Waals surface area (Å²) in [5.41, 5.74) is 0.968. The Morgan fingerprint density at radius 2 is 1.61 bits per heavy atom. The van der Waals surface area contributed by atoms with Crippen molar-refractivity contribution >= 4 is 11.6 Å². The molecule has 0 spiro atoms. The van der Waals surface area contributed by atoms with Crippen LogP contribution < -0.4 is 10.1 Å². The third-order valence-electron chi connectivity index (χ3n) is 3.94. The molecule has 0 aliphatic carbocycles. The maximum atomic E-state index is 12.9. The summed E-state index contributed by atoms with van der Waals surface area (Å²) in [6, 6.07) is 19.5. The highest BCUT2D eigenvalue weighted by atomic mass is 19.1. The van der Waals surface area contributed by atoms with Crippen molar-refractivity contribution in [1.82, 2.24) is 14.8 Å². The Kier molecular flexibility index (Phi) is 4.79. The molecule has 1 amide bonds. The molecule has 1 N–H and O–H groups in total. The van der Waals surface area contributed by atoms with Crippen LogP contribution in [-0.2, 0) is 0 Å². The molecule has 0 unspecified atom stereocenters. The number of halogens is 1. The predicted molar refractivity (Wildman–Crippen MR) is 102 cm³/mol. The average molecular weight is 374 g/mol. The third-order valence-corrected chi connectivity index (χ3v) is 3.94. The SMILES string of the molecule is O=C(Nc1ccc(Oc2ccc(-n3cccc3)nn2)cc1)c1ccc(F)cc1. The summed E-state index contributed by atoms with van der Waals surface area (Å²) in [4.78, 5) is 12.1. The van der Waals surface area contributed by atoms with Crippen LogP contribution in [-0.4, -0.2) is 20.7 Å². The summed E-state index contributed by atoms with van der Waals surface area (Å²) in [5, 5.41) is 10.9. The summed E-state index contributed by atoms with van der Waals surface area (Å²) in [7, 11) is 0. The molecule has 0 saturated carbocycles. The number of hydrogen-bond acceptors (Lipinski definition) is 4. The first-order valence-corrected chi connectivity index (χ1v) is 8.49. The number of benzene rings is 2. The van der Waals surface area contributed by atoms with E-state index in [9.17, 15) is 9.18 Å². The van der Waals surface area contributed by atoms with Gasteiger partial charge >= 0.3 is 0 Å². The number of nitrogens with zero attached hydrogens (tertiary/aromatic N) is 3. The number of rotatable bonds is 5. The van der Waals surface area contributed by atoms with Crippen molar-refractivity contribution in [2.75, 3.05) is 5.32 Å². The van der Waals surface area contributed by atoms with Crippen molar-refractivity contribution in [1.29, 1.82) is 0 Å². The number of ether oxygens (including phenoxy) is 1. The van der Waals surface area contributed by atoms with E-state index in [1.807, 2.05) is 29.1 Å². The smallest absolute Gasteiger partial charge is 0.255 e. The van der Waals surface area contributed by atoms with Gasteiger partial charge in [0.15, 0.2) is 5.82 Å². The quantitative estimate of drug-likeness (QED) is 0.560. The molecule has 2 aromatic carbocycles. The summed E-state index contributed by atoms with van der Waals surface area (Å²) in [6.07, 6.45) is 3.76. The van der Waals surface area contributed by atoms with Gasteiger partial charge in [0.05, 0.1) is 0 Å². The fourth-order valence-electron chi connectivity index (χ4n) is 2.52. The second-order valence-corrected chi connectivity index (χ2v) is 5.91. The summed E-state index contributed by atoms with van der Waals surface area (Å²) in [5.74, 6) is 0.903. The van der Waals surface area contributed by atoms with E-state index in [1.54, 1.807) is 36.4 Å². The number of carbonyl (C=O) groups excluding carboxylic acids is 1. The van der Waals surface area contributed by atoms with Crippen molar-refractivity contribution in [2.24, 2.45) is 0 Å². The Bertz CT molecular complexity index is 1060. The molecule has 138 valence electrons. The molecule has 0 aliphatic heterocycles. The molecule has 0 bridgehead atoms. The predicted octanol–water partition coefficient (Wildman–Crippen LogP) is 4.45. The van der Waals surface area contributed by atoms with Crippen LogP contribution in [0, 0.1) is 5.82 Å². The van der Waals surface area contributed by atoms with Gasteiger partial charge in [-0.2, -0.15) is 0 Å². The van der Waals surface area contributed by atoms with Crippen LogP contribution in [0.3, 0.4) is 0 Å². The van der Waals surface area contributed by atoms with E-state index in [0.29, 0.717) is 28.7 Å². The second-order valence-electron chi connectivity index (χ2n) is 5.91. The van der Waals surface area contributed by atoms with Crippen LogP contribution in [0.15, 0.2) is 85.2 Å². The minimum Gasteiger partial charge on any atom is -0.438 e. The van der Waals surface area contributed by atoms with E-state index in [1.165, 1.54) is 24.3 Å². The van der Waals surface area contributed by atoms with E-state index in [4.69, 9.17) is 4.74 Å². The Balaban J connectivity index is 1.39. The van der Waals surface area contributed by atoms with Gasteiger partial charge in [-0.15, -0.1) is 10.2 Å². The van der Waals surface area contributed by atoms with E-state index in [0.717, 1.165) is 0 Å². The summed E-state index contributed by atoms with van der Waals surface area (Å²) >= 11 is 0. The first-order chi connectivity index (χ1) is 13.7. The summed E-state index contributed by atoms with van der Waals surface area (Å²) in [6.45, 7) is 0. The van der Waals surface area contributed by atoms with Gasteiger partial charge in [0.2, 0.25) is 5.88 Å². The third kappa shape index (κ3) is 4.04. The Labute approximate surface area is 160 Å². The van der Waals surface area contributed by atoms with E-state index in [2.05, 4.69) is 15.5 Å². The van der Waals surface area contributed by atoms with E-state index < -0.39 is 0 Å². The molecule has 2 aromatic heterocycles. The lowest BCUT2D eigenvalue weighted by Crippen LogP contribution is -2.11. The van der Waals surface area contributed by atoms with Crippen LogP contribution in [0.2, 0.25) is 0 Å². The minimum atomic E-state index is -0.387. The lowest BCUT2D eigenvalue weighted by Gasteiger charge is -2.08. The highest BCUT2D eigenvalue weighted by molar-refractivity contribution is 6.04. The van der Waals surface area contributed by atoms with Crippen LogP contribution in [0.5, 0.6) is 11.6 Å². The molecule has 4 aromatic rings. The van der Waals surface area contributed by atoms with Gasteiger partial charge in [0.25, 0.3) is 5.91 Å². The van der Waals surface area contributed by atoms with E-state index in [-0.39, 0.29) is 11.7 Å². The molecular weight excluding hydrogens is 359 g/mol. The molecule has 0 aliphatic rings. The Hall–Kier alpha value is -4.00. The second kappa shape index (κ2) is 7.71. The van der Waals surface area contributed by atoms with Gasteiger partial charge in [-0.1, -0.05) is 0 Å². The van der Waals surface area contributed by atoms with Gasteiger partial charge < -0.3 is 14.6 Å². The highest BCUT2D eigenvalue weighted by Crippen LogP contribution is 2.22.